The lowest BCUT2D eigenvalue weighted by atomic mass is 9.47. The van der Waals surface area contributed by atoms with E-state index in [9.17, 15) is 4.79 Å². The van der Waals surface area contributed by atoms with Gasteiger partial charge in [0.1, 0.15) is 11.9 Å². The average Bonchev–Trinajstić information content (AvgIpc) is 3.38. The first-order valence-electron chi connectivity index (χ1n) is 19.8. The number of hydrogen-bond acceptors (Lipinski definition) is 3. The summed E-state index contributed by atoms with van der Waals surface area (Å²) in [4.78, 5) is 12.8. The highest BCUT2D eigenvalue weighted by atomic mass is 16.7. The fourth-order valence-corrected chi connectivity index (χ4v) is 11.0. The quantitative estimate of drug-likeness (QED) is 0.0835. The van der Waals surface area contributed by atoms with E-state index in [4.69, 9.17) is 9.47 Å². The van der Waals surface area contributed by atoms with Crippen molar-refractivity contribution in [2.75, 3.05) is 0 Å². The fourth-order valence-electron chi connectivity index (χ4n) is 11.0. The van der Waals surface area contributed by atoms with Crippen molar-refractivity contribution >= 4 is 6.16 Å². The van der Waals surface area contributed by atoms with Crippen molar-refractivity contribution < 1.29 is 14.3 Å². The zero-order valence-electron chi connectivity index (χ0n) is 30.6. The Hall–Kier alpha value is -1.77. The van der Waals surface area contributed by atoms with Crippen LogP contribution < -0.4 is 4.74 Å². The third kappa shape index (κ3) is 8.26. The van der Waals surface area contributed by atoms with Gasteiger partial charge in [0, 0.05) is 6.42 Å². The summed E-state index contributed by atoms with van der Waals surface area (Å²) in [5.74, 6) is 5.67. The van der Waals surface area contributed by atoms with Gasteiger partial charge in [-0.3, -0.25) is 0 Å². The number of carbonyl (C=O) groups is 1. The number of ether oxygens (including phenoxy) is 2. The van der Waals surface area contributed by atoms with Crippen molar-refractivity contribution in [2.24, 2.45) is 46.3 Å². The van der Waals surface area contributed by atoms with Crippen LogP contribution in [0.1, 0.15) is 163 Å². The Bertz CT molecular complexity index is 1140. The maximum absolute atomic E-state index is 12.8. The minimum Gasteiger partial charge on any atom is -0.430 e. The highest BCUT2D eigenvalue weighted by Crippen LogP contribution is 2.67. The van der Waals surface area contributed by atoms with Crippen LogP contribution in [0.4, 0.5) is 4.79 Å². The Kier molecular flexibility index (Phi) is 12.4. The van der Waals surface area contributed by atoms with E-state index in [2.05, 4.69) is 59.8 Å². The first-order valence-corrected chi connectivity index (χ1v) is 19.8. The molecule has 3 nitrogen and oxygen atoms in total. The van der Waals surface area contributed by atoms with Crippen molar-refractivity contribution in [3.8, 4) is 5.75 Å². The van der Waals surface area contributed by atoms with Crippen LogP contribution in [-0.4, -0.2) is 12.3 Å². The minimum atomic E-state index is -0.546. The predicted octanol–water partition coefficient (Wildman–Crippen LogP) is 12.9. The third-order valence-electron chi connectivity index (χ3n) is 13.7. The Labute approximate surface area is 283 Å². The summed E-state index contributed by atoms with van der Waals surface area (Å²) in [5, 5.41) is 0. The molecule has 1 aromatic rings. The molecule has 0 bridgehead atoms. The van der Waals surface area contributed by atoms with E-state index in [0.717, 1.165) is 61.2 Å². The normalized spacial score (nSPS) is 32.7. The molecule has 0 unspecified atom stereocenters. The summed E-state index contributed by atoms with van der Waals surface area (Å²) in [6, 6.07) is 8.06. The molecule has 5 rings (SSSR count). The molecule has 0 heterocycles. The molecular weight excluding hydrogens is 564 g/mol. The highest BCUT2D eigenvalue weighted by Gasteiger charge is 2.59. The van der Waals surface area contributed by atoms with Crippen LogP contribution in [0.3, 0.4) is 0 Å². The molecule has 0 radical (unpaired) electrons. The molecular formula is C43H68O3. The van der Waals surface area contributed by atoms with E-state index in [-0.39, 0.29) is 11.5 Å². The number of aryl methyl sites for hydroxylation is 1. The van der Waals surface area contributed by atoms with Gasteiger partial charge in [-0.15, -0.1) is 0 Å². The number of carbonyl (C=O) groups excluding carboxylic acids is 1. The Morgan fingerprint density at radius 3 is 2.33 bits per heavy atom. The van der Waals surface area contributed by atoms with Crippen LogP contribution in [0.5, 0.6) is 5.75 Å². The number of benzene rings is 1. The fraction of sp³-hybridized carbons (Fsp3) is 0.791. The van der Waals surface area contributed by atoms with Crippen molar-refractivity contribution in [3.05, 3.63) is 41.5 Å². The third-order valence-corrected chi connectivity index (χ3v) is 13.7. The number of hydrogen-bond donors (Lipinski definition) is 0. The molecule has 3 saturated carbocycles. The zero-order valence-corrected chi connectivity index (χ0v) is 30.6. The van der Waals surface area contributed by atoms with Gasteiger partial charge in [-0.2, -0.15) is 0 Å². The highest BCUT2D eigenvalue weighted by molar-refractivity contribution is 5.64. The van der Waals surface area contributed by atoms with E-state index >= 15 is 0 Å². The van der Waals surface area contributed by atoms with Gasteiger partial charge in [0.25, 0.3) is 0 Å². The van der Waals surface area contributed by atoms with Crippen LogP contribution in [-0.2, 0) is 11.2 Å². The number of fused-ring (bicyclic) bond motifs is 5. The van der Waals surface area contributed by atoms with Gasteiger partial charge < -0.3 is 9.47 Å². The van der Waals surface area contributed by atoms with Gasteiger partial charge in [0.15, 0.2) is 0 Å². The van der Waals surface area contributed by atoms with Crippen molar-refractivity contribution in [3.63, 3.8) is 0 Å². The van der Waals surface area contributed by atoms with E-state index in [1.165, 1.54) is 102 Å². The van der Waals surface area contributed by atoms with Gasteiger partial charge in [0.05, 0.1) is 0 Å². The van der Waals surface area contributed by atoms with Crippen LogP contribution in [0.15, 0.2) is 35.9 Å². The maximum Gasteiger partial charge on any atom is 0.514 e. The summed E-state index contributed by atoms with van der Waals surface area (Å²) in [6.45, 7) is 14.8. The Balaban J connectivity index is 1.09. The lowest BCUT2D eigenvalue weighted by Crippen LogP contribution is -2.51. The molecule has 0 N–H and O–H groups in total. The van der Waals surface area contributed by atoms with Crippen LogP contribution >= 0.6 is 0 Å². The molecule has 1 aromatic carbocycles. The predicted molar refractivity (Wildman–Crippen MR) is 192 cm³/mol. The van der Waals surface area contributed by atoms with E-state index < -0.39 is 6.16 Å². The van der Waals surface area contributed by atoms with Gasteiger partial charge >= 0.3 is 6.16 Å². The standard InChI is InChI=1S/C43H68O3/c1-7-8-9-10-11-12-13-17-33-18-21-35(22-19-33)45-41(44)46-36-26-28-42(5)34(30-36)20-23-37-39-25-24-38(32(4)16-14-15-31(2)3)43(39,6)29-27-40(37)42/h18-22,31-32,36-40H,7-17,23-30H2,1-6H3/t32-,36+,37+,38-,39+,40+,42+,43-/m1/s1. The number of rotatable bonds is 15. The molecule has 46 heavy (non-hydrogen) atoms. The van der Waals surface area contributed by atoms with Crippen molar-refractivity contribution in [2.45, 2.75) is 170 Å². The average molecular weight is 633 g/mol. The molecule has 0 aliphatic heterocycles. The molecule has 0 aromatic heterocycles. The van der Waals surface area contributed by atoms with E-state index in [0.29, 0.717) is 11.2 Å². The van der Waals surface area contributed by atoms with Gasteiger partial charge in [-0.05, 0) is 122 Å². The molecule has 3 fully saturated rings. The van der Waals surface area contributed by atoms with Crippen LogP contribution in [0, 0.1) is 46.3 Å². The monoisotopic (exact) mass is 633 g/mol. The SMILES string of the molecule is CCCCCCCCCc1ccc(OC(=O)O[C@H]2CC[C@@]3(C)C(=CC[C@H]4[C@@H]5CC[C@H]([C@H](C)CCCC(C)C)[C@@]5(C)CC[C@@H]43)C2)cc1. The Morgan fingerprint density at radius 2 is 1.59 bits per heavy atom. The first kappa shape index (κ1) is 35.5. The van der Waals surface area contributed by atoms with E-state index in [1.54, 1.807) is 5.57 Å². The second-order valence-electron chi connectivity index (χ2n) is 17.1. The van der Waals surface area contributed by atoms with Crippen LogP contribution in [0.2, 0.25) is 0 Å². The molecule has 3 heteroatoms. The number of unbranched alkanes of at least 4 members (excludes halogenated alkanes) is 6. The van der Waals surface area contributed by atoms with Gasteiger partial charge in [0.2, 0.25) is 0 Å². The van der Waals surface area contributed by atoms with Crippen LogP contribution in [0.25, 0.3) is 0 Å². The molecule has 4 aliphatic rings. The summed E-state index contributed by atoms with van der Waals surface area (Å²) in [5.41, 5.74) is 3.67. The van der Waals surface area contributed by atoms with Gasteiger partial charge in [-0.25, -0.2) is 4.79 Å². The lowest BCUT2D eigenvalue weighted by molar-refractivity contribution is -0.0597. The molecule has 0 saturated heterocycles. The molecule has 8 atom stereocenters. The minimum absolute atomic E-state index is 0.0728. The van der Waals surface area contributed by atoms with Crippen molar-refractivity contribution in [1.82, 2.24) is 0 Å². The smallest absolute Gasteiger partial charge is 0.430 e. The summed E-state index contributed by atoms with van der Waals surface area (Å²) < 4.78 is 11.6. The van der Waals surface area contributed by atoms with Gasteiger partial charge in [-0.1, -0.05) is 123 Å². The second-order valence-corrected chi connectivity index (χ2v) is 17.1. The molecule has 4 aliphatic carbocycles. The molecule has 0 amide bonds. The molecule has 0 spiro atoms. The second kappa shape index (κ2) is 16.1. The zero-order chi connectivity index (χ0) is 32.7. The van der Waals surface area contributed by atoms with Crippen molar-refractivity contribution in [1.29, 1.82) is 0 Å². The summed E-state index contributed by atoms with van der Waals surface area (Å²) in [6.07, 6.45) is 26.4. The topological polar surface area (TPSA) is 35.5 Å². The first-order chi connectivity index (χ1) is 22.1. The maximum atomic E-state index is 12.8. The molecule has 258 valence electrons. The summed E-state index contributed by atoms with van der Waals surface area (Å²) >= 11 is 0. The summed E-state index contributed by atoms with van der Waals surface area (Å²) in [7, 11) is 0. The van der Waals surface area contributed by atoms with E-state index in [1.807, 2.05) is 12.1 Å². The lowest BCUT2D eigenvalue weighted by Gasteiger charge is -2.58. The Morgan fingerprint density at radius 1 is 0.848 bits per heavy atom. The largest absolute Gasteiger partial charge is 0.514 e. The number of allylic oxidation sites excluding steroid dienone is 1.